The summed E-state index contributed by atoms with van der Waals surface area (Å²) >= 11 is 0. The van der Waals surface area contributed by atoms with Crippen LogP contribution in [0.3, 0.4) is 0 Å². The number of nitrogens with zero attached hydrogens (tertiary/aromatic N) is 2. The zero-order valence-corrected chi connectivity index (χ0v) is 13.9. The number of furan rings is 1. The van der Waals surface area contributed by atoms with Gasteiger partial charge in [0.1, 0.15) is 28.6 Å². The van der Waals surface area contributed by atoms with Crippen LogP contribution < -0.4 is 5.32 Å². The molecule has 2 N–H and O–H groups in total. The Kier molecular flexibility index (Phi) is 4.41. The summed E-state index contributed by atoms with van der Waals surface area (Å²) in [7, 11) is 0. The average Bonchev–Trinajstić information content (AvgIpc) is 3.23. The first kappa shape index (κ1) is 16.9. The number of carbonyl (C=O) groups excluding carboxylic acids is 1. The molecule has 2 aromatic heterocycles. The van der Waals surface area contributed by atoms with E-state index in [2.05, 4.69) is 10.4 Å². The van der Waals surface area contributed by atoms with E-state index in [0.717, 1.165) is 0 Å². The number of aromatic nitrogens is 2. The lowest BCUT2D eigenvalue weighted by molar-refractivity contribution is 0.0322. The highest BCUT2D eigenvalue weighted by Crippen LogP contribution is 2.22. The molecule has 0 saturated heterocycles. The molecule has 0 bridgehead atoms. The van der Waals surface area contributed by atoms with Crippen LogP contribution in [0.25, 0.3) is 5.69 Å². The second kappa shape index (κ2) is 6.52. The van der Waals surface area contributed by atoms with Crippen LogP contribution in [0.15, 0.2) is 53.1 Å². The summed E-state index contributed by atoms with van der Waals surface area (Å²) < 4.78 is 20.5. The lowest BCUT2D eigenvalue weighted by Crippen LogP contribution is -2.38. The van der Waals surface area contributed by atoms with Crippen LogP contribution in [0, 0.1) is 12.7 Å². The van der Waals surface area contributed by atoms with Crippen LogP contribution >= 0.6 is 0 Å². The Morgan fingerprint density at radius 3 is 2.76 bits per heavy atom. The molecule has 3 rings (SSSR count). The molecular weight excluding hydrogens is 325 g/mol. The van der Waals surface area contributed by atoms with Gasteiger partial charge in [-0.1, -0.05) is 12.1 Å². The normalized spacial score (nSPS) is 13.4. The van der Waals surface area contributed by atoms with Gasteiger partial charge in [-0.25, -0.2) is 9.07 Å². The molecule has 6 nitrogen and oxygen atoms in total. The molecule has 0 aliphatic heterocycles. The van der Waals surface area contributed by atoms with Crippen LogP contribution in [0.4, 0.5) is 4.39 Å². The molecule has 0 aliphatic carbocycles. The highest BCUT2D eigenvalue weighted by atomic mass is 19.1. The monoisotopic (exact) mass is 343 g/mol. The van der Waals surface area contributed by atoms with Gasteiger partial charge in [0.25, 0.3) is 5.91 Å². The third-order valence-corrected chi connectivity index (χ3v) is 3.79. The molecule has 3 aromatic rings. The zero-order chi connectivity index (χ0) is 18.0. The molecule has 0 saturated carbocycles. The van der Waals surface area contributed by atoms with Crippen molar-refractivity contribution in [1.82, 2.24) is 15.1 Å². The highest BCUT2D eigenvalue weighted by Gasteiger charge is 2.28. The maximum Gasteiger partial charge on any atom is 0.271 e. The van der Waals surface area contributed by atoms with Crippen LogP contribution in [0.2, 0.25) is 0 Å². The van der Waals surface area contributed by atoms with Gasteiger partial charge in [0.2, 0.25) is 0 Å². The van der Waals surface area contributed by atoms with Gasteiger partial charge in [-0.2, -0.15) is 5.10 Å². The number of aryl methyl sites for hydroxylation is 1. The predicted octanol–water partition coefficient (Wildman–Crippen LogP) is 2.55. The summed E-state index contributed by atoms with van der Waals surface area (Å²) in [5.74, 6) is 0.125. The van der Waals surface area contributed by atoms with E-state index in [-0.39, 0.29) is 17.9 Å². The predicted molar refractivity (Wildman–Crippen MR) is 88.9 cm³/mol. The summed E-state index contributed by atoms with van der Waals surface area (Å²) in [6, 6.07) is 11.0. The van der Waals surface area contributed by atoms with Crippen molar-refractivity contribution in [3.8, 4) is 5.69 Å². The fourth-order valence-corrected chi connectivity index (χ4v) is 2.37. The van der Waals surface area contributed by atoms with E-state index >= 15 is 0 Å². The lowest BCUT2D eigenvalue weighted by Gasteiger charge is -2.20. The maximum atomic E-state index is 13.8. The van der Waals surface area contributed by atoms with Crippen molar-refractivity contribution in [2.45, 2.75) is 19.4 Å². The average molecular weight is 343 g/mol. The number of para-hydroxylation sites is 1. The first-order valence-electron chi connectivity index (χ1n) is 7.75. The minimum Gasteiger partial charge on any atom is -0.463 e. The molecule has 7 heteroatoms. The highest BCUT2D eigenvalue weighted by molar-refractivity contribution is 5.92. The van der Waals surface area contributed by atoms with E-state index in [4.69, 9.17) is 4.42 Å². The number of aliphatic hydroxyl groups is 1. The fourth-order valence-electron chi connectivity index (χ4n) is 2.37. The summed E-state index contributed by atoms with van der Waals surface area (Å²) in [6.07, 6.45) is 1.50. The number of nitrogens with one attached hydrogen (secondary N) is 1. The third kappa shape index (κ3) is 3.61. The molecular formula is C18H18FN3O3. The minimum absolute atomic E-state index is 0.0503. The first-order valence-corrected chi connectivity index (χ1v) is 7.75. The van der Waals surface area contributed by atoms with Gasteiger partial charge in [0, 0.05) is 6.20 Å². The summed E-state index contributed by atoms with van der Waals surface area (Å²) in [5.41, 5.74) is -0.979. The van der Waals surface area contributed by atoms with E-state index in [1.54, 1.807) is 44.2 Å². The summed E-state index contributed by atoms with van der Waals surface area (Å²) in [6.45, 7) is 3.27. The number of carbonyl (C=O) groups is 1. The van der Waals surface area contributed by atoms with Crippen molar-refractivity contribution in [1.29, 1.82) is 0 Å². The number of benzene rings is 1. The van der Waals surface area contributed by atoms with Crippen molar-refractivity contribution in [2.75, 3.05) is 6.54 Å². The Bertz CT molecular complexity index is 898. The maximum absolute atomic E-state index is 13.8. The second-order valence-electron chi connectivity index (χ2n) is 5.96. The molecule has 0 radical (unpaired) electrons. The van der Waals surface area contributed by atoms with Crippen molar-refractivity contribution >= 4 is 5.91 Å². The van der Waals surface area contributed by atoms with E-state index in [0.29, 0.717) is 11.5 Å². The van der Waals surface area contributed by atoms with Crippen molar-refractivity contribution < 1.29 is 18.7 Å². The topological polar surface area (TPSA) is 80.3 Å². The fraction of sp³-hybridized carbons (Fsp3) is 0.222. The van der Waals surface area contributed by atoms with Gasteiger partial charge in [0.05, 0.1) is 6.54 Å². The molecule has 2 heterocycles. The van der Waals surface area contributed by atoms with Gasteiger partial charge < -0.3 is 14.8 Å². The summed E-state index contributed by atoms with van der Waals surface area (Å²) in [5, 5.41) is 17.1. The third-order valence-electron chi connectivity index (χ3n) is 3.79. The standard InChI is InChI=1S/C18H18FN3O3/c1-12-7-8-16(25-12)18(2,24)11-20-17(23)14-9-10-22(21-14)15-6-4-3-5-13(15)19/h3-10,24H,11H2,1-2H3,(H,20,23). The molecule has 1 aromatic carbocycles. The molecule has 1 unspecified atom stereocenters. The smallest absolute Gasteiger partial charge is 0.271 e. The van der Waals surface area contributed by atoms with E-state index < -0.39 is 17.3 Å². The minimum atomic E-state index is -1.35. The quantitative estimate of drug-likeness (QED) is 0.746. The Labute approximate surface area is 143 Å². The van der Waals surface area contributed by atoms with Crippen LogP contribution in [0.1, 0.15) is 28.9 Å². The Morgan fingerprint density at radius 1 is 1.32 bits per heavy atom. The van der Waals surface area contributed by atoms with Gasteiger partial charge >= 0.3 is 0 Å². The van der Waals surface area contributed by atoms with Crippen LogP contribution in [-0.4, -0.2) is 27.3 Å². The number of rotatable bonds is 5. The Balaban J connectivity index is 1.69. The van der Waals surface area contributed by atoms with Crippen molar-refractivity contribution in [3.05, 3.63) is 71.7 Å². The summed E-state index contributed by atoms with van der Waals surface area (Å²) in [4.78, 5) is 12.2. The van der Waals surface area contributed by atoms with E-state index in [1.807, 2.05) is 0 Å². The molecule has 0 aliphatic rings. The van der Waals surface area contributed by atoms with Gasteiger partial charge in [0.15, 0.2) is 5.69 Å². The van der Waals surface area contributed by atoms with Crippen molar-refractivity contribution in [3.63, 3.8) is 0 Å². The SMILES string of the molecule is Cc1ccc(C(C)(O)CNC(=O)c2ccn(-c3ccccc3F)n2)o1. The van der Waals surface area contributed by atoms with Gasteiger partial charge in [-0.3, -0.25) is 4.79 Å². The van der Waals surface area contributed by atoms with Crippen molar-refractivity contribution in [2.24, 2.45) is 0 Å². The second-order valence-corrected chi connectivity index (χ2v) is 5.96. The van der Waals surface area contributed by atoms with Crippen LogP contribution in [-0.2, 0) is 5.60 Å². The largest absolute Gasteiger partial charge is 0.463 e. The number of halogens is 1. The number of hydrogen-bond donors (Lipinski definition) is 2. The number of amides is 1. The molecule has 1 atom stereocenters. The zero-order valence-electron chi connectivity index (χ0n) is 13.9. The Hall–Kier alpha value is -2.93. The van der Waals surface area contributed by atoms with E-state index in [1.165, 1.54) is 23.0 Å². The first-order chi connectivity index (χ1) is 11.9. The lowest BCUT2D eigenvalue weighted by atomic mass is 10.0. The molecule has 1 amide bonds. The molecule has 0 spiro atoms. The van der Waals surface area contributed by atoms with Gasteiger partial charge in [-0.05, 0) is 44.2 Å². The van der Waals surface area contributed by atoms with E-state index in [9.17, 15) is 14.3 Å². The molecule has 25 heavy (non-hydrogen) atoms. The number of hydrogen-bond acceptors (Lipinski definition) is 4. The van der Waals surface area contributed by atoms with Crippen LogP contribution in [0.5, 0.6) is 0 Å². The molecule has 130 valence electrons. The Morgan fingerprint density at radius 2 is 2.08 bits per heavy atom. The van der Waals surface area contributed by atoms with Gasteiger partial charge in [-0.15, -0.1) is 0 Å². The molecule has 0 fully saturated rings.